The lowest BCUT2D eigenvalue weighted by molar-refractivity contribution is -0.127. The third-order valence-corrected chi connectivity index (χ3v) is 7.30. The van der Waals surface area contributed by atoms with Crippen molar-refractivity contribution in [3.8, 4) is 17.0 Å². The lowest BCUT2D eigenvalue weighted by Gasteiger charge is -2.39. The van der Waals surface area contributed by atoms with E-state index in [2.05, 4.69) is 25.5 Å². The van der Waals surface area contributed by atoms with Gasteiger partial charge in [-0.1, -0.05) is 11.6 Å². The number of aromatic nitrogens is 4. The Morgan fingerprint density at radius 1 is 1.28 bits per heavy atom. The van der Waals surface area contributed by atoms with Crippen LogP contribution in [0.1, 0.15) is 47.6 Å². The summed E-state index contributed by atoms with van der Waals surface area (Å²) in [4.78, 5) is 36.3. The minimum absolute atomic E-state index is 0.0746. The van der Waals surface area contributed by atoms with Crippen LogP contribution < -0.4 is 10.1 Å². The predicted molar refractivity (Wildman–Crippen MR) is 130 cm³/mol. The zero-order valence-corrected chi connectivity index (χ0v) is 20.7. The van der Waals surface area contributed by atoms with E-state index in [0.29, 0.717) is 58.5 Å². The number of hydrogen-bond acceptors (Lipinski definition) is 6. The molecular formula is C25H26ClFN6O3. The number of aryl methyl sites for hydroxylation is 1. The molecule has 0 bridgehead atoms. The van der Waals surface area contributed by atoms with Crippen LogP contribution in [-0.2, 0) is 11.3 Å². The number of nitrogens with one attached hydrogen (secondary N) is 2. The van der Waals surface area contributed by atoms with Gasteiger partial charge in [-0.3, -0.25) is 24.7 Å². The van der Waals surface area contributed by atoms with E-state index in [1.54, 1.807) is 31.3 Å². The van der Waals surface area contributed by atoms with Crippen LogP contribution in [0.4, 0.5) is 4.39 Å². The highest BCUT2D eigenvalue weighted by molar-refractivity contribution is 6.31. The molecule has 1 saturated heterocycles. The van der Waals surface area contributed by atoms with Gasteiger partial charge in [0.05, 0.1) is 42.5 Å². The van der Waals surface area contributed by atoms with Gasteiger partial charge in [0.2, 0.25) is 5.91 Å². The average Bonchev–Trinajstić information content (AvgIpc) is 3.45. The van der Waals surface area contributed by atoms with Gasteiger partial charge in [0.25, 0.3) is 5.91 Å². The summed E-state index contributed by atoms with van der Waals surface area (Å²) in [6, 6.07) is 4.83. The molecule has 1 aliphatic carbocycles. The molecule has 188 valence electrons. The van der Waals surface area contributed by atoms with Crippen LogP contribution in [0.25, 0.3) is 11.3 Å². The van der Waals surface area contributed by atoms with Gasteiger partial charge in [-0.25, -0.2) is 4.39 Å². The topological polar surface area (TPSA) is 113 Å². The van der Waals surface area contributed by atoms with E-state index in [9.17, 15) is 14.0 Å². The standard InChI is InChI=1S/C25H26ClFN6O3/c1-14-7-17(19(27)12-28-14)20-9-21(32-31-20)24(35)33-6-3-15(10-25(33)4-5-25)23(34)30-13-22-18(26)8-16(36-2)11-29-22/h7-9,11-12,15H,3-6,10,13H2,1-2H3,(H,30,34)(H,31,32)/t15-/m0/s1. The fourth-order valence-corrected chi connectivity index (χ4v) is 5.03. The van der Waals surface area contributed by atoms with E-state index in [1.807, 2.05) is 4.90 Å². The molecule has 1 spiro atoms. The van der Waals surface area contributed by atoms with Gasteiger partial charge in [-0.15, -0.1) is 0 Å². The van der Waals surface area contributed by atoms with Crippen molar-refractivity contribution in [2.45, 2.75) is 44.7 Å². The van der Waals surface area contributed by atoms with Crippen molar-refractivity contribution in [3.05, 3.63) is 58.5 Å². The Morgan fingerprint density at radius 2 is 2.08 bits per heavy atom. The van der Waals surface area contributed by atoms with E-state index in [0.717, 1.165) is 19.0 Å². The molecule has 4 heterocycles. The van der Waals surface area contributed by atoms with Crippen molar-refractivity contribution in [2.24, 2.45) is 5.92 Å². The Bertz CT molecular complexity index is 1320. The van der Waals surface area contributed by atoms with E-state index in [1.165, 1.54) is 7.11 Å². The Balaban J connectivity index is 1.23. The molecule has 9 nitrogen and oxygen atoms in total. The maximum Gasteiger partial charge on any atom is 0.272 e. The first-order valence-corrected chi connectivity index (χ1v) is 12.1. The summed E-state index contributed by atoms with van der Waals surface area (Å²) in [6.07, 6.45) is 5.52. The van der Waals surface area contributed by atoms with Gasteiger partial charge in [0, 0.05) is 35.3 Å². The second-order valence-corrected chi connectivity index (χ2v) is 9.77. The van der Waals surface area contributed by atoms with Gasteiger partial charge in [0.15, 0.2) is 5.82 Å². The van der Waals surface area contributed by atoms with Gasteiger partial charge >= 0.3 is 0 Å². The van der Waals surface area contributed by atoms with Gasteiger partial charge < -0.3 is 15.0 Å². The van der Waals surface area contributed by atoms with Crippen molar-refractivity contribution in [2.75, 3.05) is 13.7 Å². The van der Waals surface area contributed by atoms with Crippen LogP contribution in [0.5, 0.6) is 5.75 Å². The Hall–Kier alpha value is -3.53. The number of ether oxygens (including phenoxy) is 1. The molecule has 3 aromatic rings. The zero-order chi connectivity index (χ0) is 25.4. The second-order valence-electron chi connectivity index (χ2n) is 9.36. The van der Waals surface area contributed by atoms with E-state index < -0.39 is 5.82 Å². The number of carbonyl (C=O) groups is 2. The highest BCUT2D eigenvalue weighted by Crippen LogP contribution is 2.50. The molecule has 1 saturated carbocycles. The summed E-state index contributed by atoms with van der Waals surface area (Å²) in [5, 5.41) is 10.3. The number of likely N-dealkylation sites (tertiary alicyclic amines) is 1. The number of H-pyrrole nitrogens is 1. The molecule has 0 aromatic carbocycles. The van der Waals surface area contributed by atoms with Gasteiger partial charge in [-0.05, 0) is 44.7 Å². The predicted octanol–water partition coefficient (Wildman–Crippen LogP) is 3.68. The molecule has 1 atom stereocenters. The number of rotatable bonds is 6. The summed E-state index contributed by atoms with van der Waals surface area (Å²) in [5.41, 5.74) is 1.83. The zero-order valence-electron chi connectivity index (χ0n) is 20.0. The Labute approximate surface area is 212 Å². The summed E-state index contributed by atoms with van der Waals surface area (Å²) < 4.78 is 19.3. The minimum atomic E-state index is -0.497. The van der Waals surface area contributed by atoms with Gasteiger partial charge in [-0.2, -0.15) is 5.10 Å². The van der Waals surface area contributed by atoms with Crippen molar-refractivity contribution in [1.82, 2.24) is 30.4 Å². The molecule has 1 aliphatic heterocycles. The van der Waals surface area contributed by atoms with Crippen LogP contribution in [0.3, 0.4) is 0 Å². The van der Waals surface area contributed by atoms with Crippen LogP contribution >= 0.6 is 11.6 Å². The lowest BCUT2D eigenvalue weighted by Crippen LogP contribution is -2.50. The van der Waals surface area contributed by atoms with E-state index in [4.69, 9.17) is 16.3 Å². The van der Waals surface area contributed by atoms with Crippen LogP contribution in [-0.4, -0.2) is 56.1 Å². The number of piperidine rings is 1. The molecule has 0 radical (unpaired) electrons. The lowest BCUT2D eigenvalue weighted by atomic mass is 9.88. The molecule has 0 unspecified atom stereocenters. The molecule has 36 heavy (non-hydrogen) atoms. The van der Waals surface area contributed by atoms with E-state index in [-0.39, 0.29) is 29.8 Å². The summed E-state index contributed by atoms with van der Waals surface area (Å²) in [6.45, 7) is 2.44. The molecular weight excluding hydrogens is 487 g/mol. The minimum Gasteiger partial charge on any atom is -0.495 e. The number of pyridine rings is 2. The average molecular weight is 513 g/mol. The summed E-state index contributed by atoms with van der Waals surface area (Å²) in [5.74, 6) is -0.421. The fraction of sp³-hybridized carbons (Fsp3) is 0.400. The third kappa shape index (κ3) is 4.65. The van der Waals surface area contributed by atoms with Crippen molar-refractivity contribution in [1.29, 1.82) is 0 Å². The molecule has 2 amide bonds. The molecule has 5 rings (SSSR count). The molecule has 11 heteroatoms. The Morgan fingerprint density at radius 3 is 2.81 bits per heavy atom. The number of amides is 2. The normalized spacial score (nSPS) is 18.2. The maximum atomic E-state index is 14.2. The van der Waals surface area contributed by atoms with Crippen molar-refractivity contribution < 1.29 is 18.7 Å². The largest absolute Gasteiger partial charge is 0.495 e. The summed E-state index contributed by atoms with van der Waals surface area (Å²) in [7, 11) is 1.53. The second kappa shape index (κ2) is 9.50. The molecule has 2 N–H and O–H groups in total. The number of methoxy groups -OCH3 is 1. The van der Waals surface area contributed by atoms with Crippen molar-refractivity contribution >= 4 is 23.4 Å². The monoisotopic (exact) mass is 512 g/mol. The van der Waals surface area contributed by atoms with E-state index >= 15 is 0 Å². The SMILES string of the molecule is COc1cnc(CNC(=O)[C@H]2CCN(C(=O)c3cc(-c4cc(C)ncc4F)n[nH]3)C3(CC3)C2)c(Cl)c1. The van der Waals surface area contributed by atoms with Crippen LogP contribution in [0.15, 0.2) is 30.6 Å². The first-order chi connectivity index (χ1) is 17.3. The third-order valence-electron chi connectivity index (χ3n) is 6.98. The quantitative estimate of drug-likeness (QED) is 0.521. The number of nitrogens with zero attached hydrogens (tertiary/aromatic N) is 4. The van der Waals surface area contributed by atoms with Crippen molar-refractivity contribution in [3.63, 3.8) is 0 Å². The highest BCUT2D eigenvalue weighted by atomic mass is 35.5. The fourth-order valence-electron chi connectivity index (χ4n) is 4.81. The maximum absolute atomic E-state index is 14.2. The van der Waals surface area contributed by atoms with Crippen LogP contribution in [0.2, 0.25) is 5.02 Å². The number of carbonyl (C=O) groups excluding carboxylic acids is 2. The first-order valence-electron chi connectivity index (χ1n) is 11.8. The number of hydrogen-bond donors (Lipinski definition) is 2. The highest BCUT2D eigenvalue weighted by Gasteiger charge is 2.54. The van der Waals surface area contributed by atoms with Gasteiger partial charge in [0.1, 0.15) is 11.4 Å². The summed E-state index contributed by atoms with van der Waals surface area (Å²) >= 11 is 6.23. The first kappa shape index (κ1) is 24.2. The van der Waals surface area contributed by atoms with Crippen LogP contribution in [0, 0.1) is 18.7 Å². The Kier molecular flexibility index (Phi) is 6.38. The molecule has 3 aromatic heterocycles. The smallest absolute Gasteiger partial charge is 0.272 e. The molecule has 2 fully saturated rings. The molecule has 2 aliphatic rings. The number of halogens is 2. The number of aromatic amines is 1.